The Morgan fingerprint density at radius 1 is 1.24 bits per heavy atom. The molecule has 3 rings (SSSR count). The number of likely N-dealkylation sites (tertiary alicyclic amines) is 1. The van der Waals surface area contributed by atoms with E-state index in [1.165, 1.54) is 0 Å². The summed E-state index contributed by atoms with van der Waals surface area (Å²) in [6.45, 7) is 2.00. The Hall–Kier alpha value is -2.08. The minimum absolute atomic E-state index is 0.0342. The van der Waals surface area contributed by atoms with Gasteiger partial charge in [-0.25, -0.2) is 0 Å². The van der Waals surface area contributed by atoms with Gasteiger partial charge in [0.15, 0.2) is 0 Å². The second-order valence-electron chi connectivity index (χ2n) is 6.85. The van der Waals surface area contributed by atoms with Gasteiger partial charge in [0.2, 0.25) is 5.91 Å². The maximum atomic E-state index is 13.4. The van der Waals surface area contributed by atoms with Crippen LogP contribution in [0.3, 0.4) is 0 Å². The van der Waals surface area contributed by atoms with Gasteiger partial charge in [-0.3, -0.25) is 9.59 Å². The maximum Gasteiger partial charge on any atom is 0.308 e. The molecular weight excluding hydrogens is 322 g/mol. The van der Waals surface area contributed by atoms with Gasteiger partial charge in [0.1, 0.15) is 5.75 Å². The normalized spacial score (nSPS) is 23.1. The minimum atomic E-state index is -0.817. The molecule has 0 saturated carbocycles. The van der Waals surface area contributed by atoms with E-state index in [0.29, 0.717) is 45.6 Å². The Kier molecular flexibility index (Phi) is 5.27. The molecule has 136 valence electrons. The van der Waals surface area contributed by atoms with Crippen molar-refractivity contribution in [3.05, 3.63) is 29.8 Å². The highest BCUT2D eigenvalue weighted by atomic mass is 16.5. The Morgan fingerprint density at radius 3 is 2.52 bits per heavy atom. The zero-order chi connectivity index (χ0) is 17.9. The molecule has 0 aliphatic carbocycles. The molecule has 1 amide bonds. The van der Waals surface area contributed by atoms with Gasteiger partial charge in [-0.05, 0) is 43.4 Å². The zero-order valence-electron chi connectivity index (χ0n) is 14.6. The van der Waals surface area contributed by atoms with Crippen LogP contribution in [0.2, 0.25) is 0 Å². The van der Waals surface area contributed by atoms with E-state index in [2.05, 4.69) is 0 Å². The SMILES string of the molecule is COc1ccc(C2(C(=O)N3CCCC(C(=O)O)C3)CCOCC2)cc1. The summed E-state index contributed by atoms with van der Waals surface area (Å²) in [6, 6.07) is 7.63. The fraction of sp³-hybridized carbons (Fsp3) is 0.579. The number of piperidine rings is 1. The highest BCUT2D eigenvalue weighted by Crippen LogP contribution is 2.38. The van der Waals surface area contributed by atoms with Gasteiger partial charge in [0.25, 0.3) is 0 Å². The molecule has 0 aromatic heterocycles. The summed E-state index contributed by atoms with van der Waals surface area (Å²) in [5, 5.41) is 9.32. The van der Waals surface area contributed by atoms with Crippen LogP contribution in [0.5, 0.6) is 5.75 Å². The molecule has 6 nitrogen and oxygen atoms in total. The number of amides is 1. The molecule has 2 fully saturated rings. The molecule has 6 heteroatoms. The zero-order valence-corrected chi connectivity index (χ0v) is 14.6. The second-order valence-corrected chi connectivity index (χ2v) is 6.85. The number of aliphatic carboxylic acids is 1. The molecule has 25 heavy (non-hydrogen) atoms. The number of carbonyl (C=O) groups is 2. The summed E-state index contributed by atoms with van der Waals surface area (Å²) in [5.41, 5.74) is 0.323. The number of carboxylic acids is 1. The fourth-order valence-corrected chi connectivity index (χ4v) is 3.92. The number of hydrogen-bond acceptors (Lipinski definition) is 4. The van der Waals surface area contributed by atoms with Gasteiger partial charge in [-0.1, -0.05) is 12.1 Å². The van der Waals surface area contributed by atoms with Crippen molar-refractivity contribution in [2.24, 2.45) is 5.92 Å². The summed E-state index contributed by atoms with van der Waals surface area (Å²) in [4.78, 5) is 26.5. The third kappa shape index (κ3) is 3.49. The standard InChI is InChI=1S/C19H25NO5/c1-24-16-6-4-15(5-7-16)19(8-11-25-12-9-19)18(23)20-10-2-3-14(13-20)17(21)22/h4-7,14H,2-3,8-13H2,1H3,(H,21,22). The van der Waals surface area contributed by atoms with Gasteiger partial charge < -0.3 is 19.5 Å². The first kappa shape index (κ1) is 17.7. The van der Waals surface area contributed by atoms with Gasteiger partial charge in [0.05, 0.1) is 18.4 Å². The fourth-order valence-electron chi connectivity index (χ4n) is 3.92. The van der Waals surface area contributed by atoms with E-state index in [1.54, 1.807) is 12.0 Å². The quantitative estimate of drug-likeness (QED) is 0.902. The Balaban J connectivity index is 1.88. The van der Waals surface area contributed by atoms with Crippen LogP contribution in [-0.4, -0.2) is 55.3 Å². The smallest absolute Gasteiger partial charge is 0.308 e. The predicted octanol–water partition coefficient (Wildman–Crippen LogP) is 2.07. The minimum Gasteiger partial charge on any atom is -0.497 e. The first-order valence-electron chi connectivity index (χ1n) is 8.81. The van der Waals surface area contributed by atoms with E-state index >= 15 is 0 Å². The summed E-state index contributed by atoms with van der Waals surface area (Å²) < 4.78 is 10.7. The number of benzene rings is 1. The molecular formula is C19H25NO5. The maximum absolute atomic E-state index is 13.4. The van der Waals surface area contributed by atoms with E-state index in [-0.39, 0.29) is 5.91 Å². The molecule has 1 unspecified atom stereocenters. The molecule has 1 N–H and O–H groups in total. The summed E-state index contributed by atoms with van der Waals surface area (Å²) in [5.74, 6) is -0.498. The van der Waals surface area contributed by atoms with Crippen LogP contribution >= 0.6 is 0 Å². The lowest BCUT2D eigenvalue weighted by molar-refractivity contribution is -0.149. The van der Waals surface area contributed by atoms with Crippen LogP contribution in [0.15, 0.2) is 24.3 Å². The van der Waals surface area contributed by atoms with Crippen molar-refractivity contribution >= 4 is 11.9 Å². The van der Waals surface area contributed by atoms with Crippen LogP contribution in [0.4, 0.5) is 0 Å². The predicted molar refractivity (Wildman–Crippen MR) is 91.7 cm³/mol. The second kappa shape index (κ2) is 7.44. The topological polar surface area (TPSA) is 76.1 Å². The van der Waals surface area contributed by atoms with Crippen LogP contribution in [-0.2, 0) is 19.7 Å². The van der Waals surface area contributed by atoms with Crippen LogP contribution in [0.25, 0.3) is 0 Å². The van der Waals surface area contributed by atoms with Crippen molar-refractivity contribution in [3.63, 3.8) is 0 Å². The lowest BCUT2D eigenvalue weighted by Gasteiger charge is -2.42. The van der Waals surface area contributed by atoms with Crippen LogP contribution in [0, 0.1) is 5.92 Å². The van der Waals surface area contributed by atoms with E-state index in [0.717, 1.165) is 17.7 Å². The number of methoxy groups -OCH3 is 1. The number of carboxylic acid groups (broad SMARTS) is 1. The molecule has 2 heterocycles. The summed E-state index contributed by atoms with van der Waals surface area (Å²) in [7, 11) is 1.62. The van der Waals surface area contributed by atoms with Crippen molar-refractivity contribution in [2.45, 2.75) is 31.1 Å². The van der Waals surface area contributed by atoms with Gasteiger partial charge in [0, 0.05) is 26.3 Å². The summed E-state index contributed by atoms with van der Waals surface area (Å²) >= 11 is 0. The van der Waals surface area contributed by atoms with Crippen molar-refractivity contribution in [2.75, 3.05) is 33.4 Å². The van der Waals surface area contributed by atoms with E-state index in [4.69, 9.17) is 9.47 Å². The number of nitrogens with zero attached hydrogens (tertiary/aromatic N) is 1. The number of rotatable bonds is 4. The molecule has 0 radical (unpaired) electrons. The summed E-state index contributed by atoms with van der Waals surface area (Å²) in [6.07, 6.45) is 2.61. The average Bonchev–Trinajstić information content (AvgIpc) is 2.68. The van der Waals surface area contributed by atoms with E-state index in [9.17, 15) is 14.7 Å². The highest BCUT2D eigenvalue weighted by Gasteiger charge is 2.45. The van der Waals surface area contributed by atoms with E-state index < -0.39 is 17.3 Å². The number of hydrogen-bond donors (Lipinski definition) is 1. The third-order valence-corrected chi connectivity index (χ3v) is 5.46. The molecule has 0 spiro atoms. The van der Waals surface area contributed by atoms with Crippen molar-refractivity contribution in [1.82, 2.24) is 4.90 Å². The number of ether oxygens (including phenoxy) is 2. The number of carbonyl (C=O) groups excluding carboxylic acids is 1. The molecule has 1 aromatic carbocycles. The average molecular weight is 347 g/mol. The highest BCUT2D eigenvalue weighted by molar-refractivity contribution is 5.89. The molecule has 2 aliphatic heterocycles. The van der Waals surface area contributed by atoms with Crippen molar-refractivity contribution in [3.8, 4) is 5.75 Å². The molecule has 0 bridgehead atoms. The van der Waals surface area contributed by atoms with Gasteiger partial charge in [-0.15, -0.1) is 0 Å². The Morgan fingerprint density at radius 2 is 1.92 bits per heavy atom. The first-order chi connectivity index (χ1) is 12.1. The Bertz CT molecular complexity index is 621. The van der Waals surface area contributed by atoms with Crippen molar-refractivity contribution < 1.29 is 24.2 Å². The molecule has 1 aromatic rings. The lowest BCUT2D eigenvalue weighted by atomic mass is 9.72. The monoisotopic (exact) mass is 347 g/mol. The largest absolute Gasteiger partial charge is 0.497 e. The molecule has 2 aliphatic rings. The first-order valence-corrected chi connectivity index (χ1v) is 8.81. The Labute approximate surface area is 147 Å². The lowest BCUT2D eigenvalue weighted by Crippen LogP contribution is -2.53. The van der Waals surface area contributed by atoms with Crippen molar-refractivity contribution in [1.29, 1.82) is 0 Å². The third-order valence-electron chi connectivity index (χ3n) is 5.46. The van der Waals surface area contributed by atoms with E-state index in [1.807, 2.05) is 24.3 Å². The van der Waals surface area contributed by atoms with Gasteiger partial charge >= 0.3 is 5.97 Å². The molecule has 2 saturated heterocycles. The van der Waals surface area contributed by atoms with Crippen LogP contribution in [0.1, 0.15) is 31.2 Å². The van der Waals surface area contributed by atoms with Gasteiger partial charge in [-0.2, -0.15) is 0 Å². The molecule has 1 atom stereocenters. The van der Waals surface area contributed by atoms with Crippen LogP contribution < -0.4 is 4.74 Å².